The predicted octanol–water partition coefficient (Wildman–Crippen LogP) is 8.41. The molecule has 0 aliphatic heterocycles. The third-order valence-corrected chi connectivity index (χ3v) is 8.26. The van der Waals surface area contributed by atoms with Gasteiger partial charge in [0.2, 0.25) is 0 Å². The van der Waals surface area contributed by atoms with Crippen LogP contribution in [0, 0.1) is 21.7 Å². The maximum Gasteiger partial charge on any atom is 0.191 e. The first kappa shape index (κ1) is 39.6. The van der Waals surface area contributed by atoms with Crippen LogP contribution in [-0.2, 0) is 31.2 Å². The topological polar surface area (TPSA) is 75.3 Å². The second kappa shape index (κ2) is 15.2. The molecule has 6 heteroatoms. The van der Waals surface area contributed by atoms with Crippen molar-refractivity contribution in [2.24, 2.45) is 21.7 Å². The van der Waals surface area contributed by atoms with Crippen molar-refractivity contribution < 1.29 is 31.2 Å². The largest absolute Gasteiger partial charge is 0.542 e. The second-order valence-electron chi connectivity index (χ2n) is 16.2. The molecule has 1 saturated carbocycles. The third kappa shape index (κ3) is 10.6. The van der Waals surface area contributed by atoms with Gasteiger partial charge in [-0.1, -0.05) is 108 Å². The zero-order valence-electron chi connectivity index (χ0n) is 29.5. The zero-order chi connectivity index (χ0) is 33.0. The molecule has 3 aliphatic rings. The monoisotopic (exact) mass is 648 g/mol. The first-order valence-corrected chi connectivity index (χ1v) is 15.8. The van der Waals surface area contributed by atoms with Gasteiger partial charge in [-0.15, -0.1) is 0 Å². The summed E-state index contributed by atoms with van der Waals surface area (Å²) in [6.07, 6.45) is 18.0. The van der Waals surface area contributed by atoms with Gasteiger partial charge in [-0.25, -0.2) is 0 Å². The summed E-state index contributed by atoms with van der Waals surface area (Å²) in [7, 11) is 0. The molecule has 247 valence electrons. The Labute approximate surface area is 278 Å². The molecule has 0 heterocycles. The average molecular weight is 649 g/mol. The van der Waals surface area contributed by atoms with E-state index in [1.807, 2.05) is 12.4 Å². The van der Waals surface area contributed by atoms with Crippen LogP contribution in [0.2, 0.25) is 0 Å². The summed E-state index contributed by atoms with van der Waals surface area (Å²) >= 11 is 0. The molecule has 0 bridgehead atoms. The van der Waals surface area contributed by atoms with Gasteiger partial charge in [0.25, 0.3) is 0 Å². The molecule has 0 unspecified atom stereocenters. The quantitative estimate of drug-likeness (QED) is 0.237. The van der Waals surface area contributed by atoms with Crippen molar-refractivity contribution in [3.8, 4) is 0 Å². The molecule has 0 aromatic rings. The van der Waals surface area contributed by atoms with Gasteiger partial charge in [0.05, 0.1) is 0 Å². The van der Waals surface area contributed by atoms with Crippen LogP contribution >= 0.6 is 0 Å². The number of carbonyl (C=O) groups excluding carboxylic acids is 3. The Morgan fingerprint density at radius 3 is 1.16 bits per heavy atom. The molecule has 0 aromatic heterocycles. The fraction of sp³-hybridized carbons (Fsp3) is 0.605. The van der Waals surface area contributed by atoms with Crippen LogP contribution in [0.15, 0.2) is 70.1 Å². The summed E-state index contributed by atoms with van der Waals surface area (Å²) in [6, 6.07) is 0.340. The molecule has 2 atom stereocenters. The van der Waals surface area contributed by atoms with Gasteiger partial charge >= 0.3 is 0 Å². The van der Waals surface area contributed by atoms with Gasteiger partial charge in [-0.2, -0.15) is 6.92 Å². The normalized spacial score (nSPS) is 23.4. The van der Waals surface area contributed by atoms with Crippen molar-refractivity contribution in [2.75, 3.05) is 0 Å². The van der Waals surface area contributed by atoms with E-state index in [1.54, 1.807) is 0 Å². The maximum absolute atomic E-state index is 13.5. The Morgan fingerprint density at radius 1 is 0.614 bits per heavy atom. The first-order valence-electron chi connectivity index (χ1n) is 15.8. The van der Waals surface area contributed by atoms with Gasteiger partial charge in [0, 0.05) is 63.6 Å². The minimum atomic E-state index is -0.228. The molecule has 1 radical (unpaired) electrons. The van der Waals surface area contributed by atoms with Gasteiger partial charge in [-0.3, -0.25) is 15.9 Å². The number of Topliss-reactive ketones (excluding diaryl/α,β-unsaturated/α-hetero) is 2. The van der Waals surface area contributed by atoms with Crippen molar-refractivity contribution in [1.29, 1.82) is 0 Å². The summed E-state index contributed by atoms with van der Waals surface area (Å²) < 4.78 is 0. The van der Waals surface area contributed by atoms with Crippen molar-refractivity contribution >= 4 is 17.9 Å². The van der Waals surface area contributed by atoms with Crippen LogP contribution in [0.4, 0.5) is 0 Å². The molecule has 3 aliphatic carbocycles. The van der Waals surface area contributed by atoms with Crippen LogP contribution < -0.4 is 10.6 Å². The van der Waals surface area contributed by atoms with E-state index in [0.29, 0.717) is 0 Å². The fourth-order valence-electron chi connectivity index (χ4n) is 5.42. The van der Waals surface area contributed by atoms with Crippen molar-refractivity contribution in [2.45, 2.75) is 128 Å². The second-order valence-corrected chi connectivity index (χ2v) is 16.2. The van der Waals surface area contributed by atoms with Gasteiger partial charge < -0.3 is 15.4 Å². The van der Waals surface area contributed by atoms with Gasteiger partial charge in [-0.05, 0) is 57.8 Å². The van der Waals surface area contributed by atoms with E-state index in [9.17, 15) is 9.59 Å². The number of hydrogen-bond acceptors (Lipinski definition) is 5. The van der Waals surface area contributed by atoms with Crippen LogP contribution in [0.25, 0.3) is 0 Å². The molecule has 3 rings (SSSR count). The summed E-state index contributed by atoms with van der Waals surface area (Å²) in [6.45, 7) is 27.1. The Kier molecular flexibility index (Phi) is 13.7. The number of rotatable bonds is 4. The van der Waals surface area contributed by atoms with E-state index in [4.69, 9.17) is 4.79 Å². The van der Waals surface area contributed by atoms with Crippen LogP contribution in [0.3, 0.4) is 0 Å². The Morgan fingerprint density at radius 2 is 0.909 bits per heavy atom. The van der Waals surface area contributed by atoms with Gasteiger partial charge in [0.15, 0.2) is 11.6 Å². The summed E-state index contributed by atoms with van der Waals surface area (Å²) in [5.41, 5.74) is 4.95. The van der Waals surface area contributed by atoms with Crippen molar-refractivity contribution in [3.05, 3.63) is 70.1 Å². The third-order valence-electron chi connectivity index (χ3n) is 8.26. The van der Waals surface area contributed by atoms with E-state index in [-0.39, 0.29) is 62.1 Å². The van der Waals surface area contributed by atoms with Gasteiger partial charge in [0.1, 0.15) is 0 Å². The van der Waals surface area contributed by atoms with E-state index >= 15 is 0 Å². The number of allylic oxidation sites excluding steroid dienone is 10. The average Bonchev–Trinajstić information content (AvgIpc) is 2.85. The molecule has 1 fully saturated rings. The van der Waals surface area contributed by atoms with Crippen molar-refractivity contribution in [3.63, 3.8) is 0 Å². The Balaban J connectivity index is 0.00000232. The predicted molar refractivity (Wildman–Crippen MR) is 180 cm³/mol. The van der Waals surface area contributed by atoms with Crippen molar-refractivity contribution in [1.82, 2.24) is 10.6 Å². The Bertz CT molecular complexity index is 1170. The minimum Gasteiger partial charge on any atom is -0.542 e. The molecule has 44 heavy (non-hydrogen) atoms. The molecular formula is C38H57CoN2O3-. The van der Waals surface area contributed by atoms with Crippen LogP contribution in [0.1, 0.15) is 116 Å². The molecule has 0 spiro atoms. The van der Waals surface area contributed by atoms with E-state index in [0.717, 1.165) is 48.0 Å². The fourth-order valence-corrected chi connectivity index (χ4v) is 5.42. The van der Waals surface area contributed by atoms with E-state index in [1.165, 1.54) is 24.4 Å². The van der Waals surface area contributed by atoms with E-state index < -0.39 is 0 Å². The van der Waals surface area contributed by atoms with Crippen LogP contribution in [0.5, 0.6) is 0 Å². The molecule has 5 nitrogen and oxygen atoms in total. The molecule has 0 aromatic carbocycles. The summed E-state index contributed by atoms with van der Waals surface area (Å²) in [5.74, 6) is 0.203. The summed E-state index contributed by atoms with van der Waals surface area (Å²) in [5, 5.41) is 7.25. The molecule has 0 saturated heterocycles. The molecule has 0 amide bonds. The summed E-state index contributed by atoms with van der Waals surface area (Å²) in [4.78, 5) is 35.7. The number of ketones is 2. The first-order chi connectivity index (χ1) is 19.6. The maximum atomic E-state index is 13.5. The zero-order valence-corrected chi connectivity index (χ0v) is 30.5. The standard InChI is InChI=1S/C36H54N2O2.C2H3O.Co/c1-33(2,3)25-17-23(31(39)27(19-25)35(7,8)9)21-37-29-15-13-14-16-30(29)38-22-24-18-26(34(4,5)6)20-28(32(24)40)36(10,11)12;1-2-3;/h17-22,29-30,37-38H,13-16H2,1-12H3;1H3;/q;-1;/b23-21-,24-22-;;/t29-,30-;;/m0../s1. The Hall–Kier alpha value is -2.44. The molecular weight excluding hydrogens is 591 g/mol. The minimum absolute atomic E-state index is 0. The number of nitrogens with one attached hydrogen (secondary N) is 2. The van der Waals surface area contributed by atoms with E-state index in [2.05, 4.69) is 118 Å². The smallest absolute Gasteiger partial charge is 0.191 e. The van der Waals surface area contributed by atoms with Crippen LogP contribution in [-0.4, -0.2) is 29.9 Å². The molecule has 2 N–H and O–H groups in total. The number of carbonyl (C=O) groups is 2. The SMILES string of the molecule is CC(C)(C)C1=C/C(=C/N[C@H]2CCCC[C@@H]2N/C=C2/C=C(C(C)(C)C)C=C(C(C)(C)C)C2=O)C(=O)C(C(C)(C)C)=C1.C[C-]=O.[Co]. The number of hydrogen-bond donors (Lipinski definition) is 2.